The molecule has 2 heterocycles. The van der Waals surface area contributed by atoms with Crippen LogP contribution in [-0.4, -0.2) is 30.9 Å². The number of anilines is 1. The zero-order valence-corrected chi connectivity index (χ0v) is 20.5. The van der Waals surface area contributed by atoms with Crippen molar-refractivity contribution in [2.75, 3.05) is 5.32 Å². The van der Waals surface area contributed by atoms with E-state index in [4.69, 9.17) is 23.2 Å². The maximum atomic E-state index is 13.0. The fourth-order valence-corrected chi connectivity index (χ4v) is 4.36. The lowest BCUT2D eigenvalue weighted by Gasteiger charge is -2.15. The molecule has 168 valence electrons. The molecule has 1 N–H and O–H groups in total. The van der Waals surface area contributed by atoms with Crippen LogP contribution in [0, 0.1) is 13.8 Å². The number of carbonyl (C=O) groups is 1. The number of carbonyl (C=O) groups excluding carboxylic acids is 1. The Morgan fingerprint density at radius 3 is 2.61 bits per heavy atom. The smallest absolute Gasteiger partial charge is 0.237 e. The van der Waals surface area contributed by atoms with E-state index >= 15 is 0 Å². The van der Waals surface area contributed by atoms with Crippen LogP contribution in [0.2, 0.25) is 10.0 Å². The van der Waals surface area contributed by atoms with Gasteiger partial charge in [0.15, 0.2) is 11.0 Å². The van der Waals surface area contributed by atoms with E-state index in [1.54, 1.807) is 24.5 Å². The number of halogens is 2. The fourth-order valence-electron chi connectivity index (χ4n) is 3.20. The summed E-state index contributed by atoms with van der Waals surface area (Å²) >= 11 is 13.7. The van der Waals surface area contributed by atoms with Crippen LogP contribution in [0.5, 0.6) is 0 Å². The highest BCUT2D eigenvalue weighted by Gasteiger charge is 2.23. The number of rotatable bonds is 6. The molecular weight excluding hydrogens is 477 g/mol. The van der Waals surface area contributed by atoms with Crippen LogP contribution >= 0.6 is 35.0 Å². The molecule has 2 aromatic carbocycles. The molecule has 0 aliphatic heterocycles. The van der Waals surface area contributed by atoms with Crippen molar-refractivity contribution in [3.63, 3.8) is 0 Å². The van der Waals surface area contributed by atoms with Crippen molar-refractivity contribution in [3.8, 4) is 17.1 Å². The molecule has 1 amide bonds. The van der Waals surface area contributed by atoms with Crippen LogP contribution < -0.4 is 5.32 Å². The van der Waals surface area contributed by atoms with Gasteiger partial charge in [0.1, 0.15) is 0 Å². The molecule has 9 heteroatoms. The maximum absolute atomic E-state index is 13.0. The second-order valence-corrected chi connectivity index (χ2v) is 9.67. The van der Waals surface area contributed by atoms with Crippen molar-refractivity contribution < 1.29 is 4.79 Å². The normalized spacial score (nSPS) is 11.9. The molecular formula is C24H21Cl2N5OS. The summed E-state index contributed by atoms with van der Waals surface area (Å²) in [5.41, 5.74) is 4.41. The van der Waals surface area contributed by atoms with Crippen molar-refractivity contribution in [1.82, 2.24) is 19.7 Å². The molecule has 0 saturated heterocycles. The zero-order valence-electron chi connectivity index (χ0n) is 18.2. The molecule has 1 unspecified atom stereocenters. The lowest BCUT2D eigenvalue weighted by Crippen LogP contribution is -2.23. The molecule has 4 aromatic rings. The quantitative estimate of drug-likeness (QED) is 0.313. The Hall–Kier alpha value is -2.87. The van der Waals surface area contributed by atoms with Crippen LogP contribution in [0.3, 0.4) is 0 Å². The summed E-state index contributed by atoms with van der Waals surface area (Å²) in [4.78, 5) is 17.2. The van der Waals surface area contributed by atoms with Gasteiger partial charge in [0, 0.05) is 23.6 Å². The number of hydrogen-bond donors (Lipinski definition) is 1. The van der Waals surface area contributed by atoms with E-state index in [9.17, 15) is 4.79 Å². The Bertz CT molecular complexity index is 1310. The molecule has 2 aromatic heterocycles. The molecule has 33 heavy (non-hydrogen) atoms. The summed E-state index contributed by atoms with van der Waals surface area (Å²) in [5.74, 6) is 0.464. The molecule has 4 rings (SSSR count). The SMILES string of the molecule is Cc1ccc(C)c(NC(=O)C(C)Sc2nnc(-c3cccnc3)n2-c2ccc(Cl)c(Cl)c2)c1. The minimum atomic E-state index is -0.433. The molecule has 6 nitrogen and oxygen atoms in total. The van der Waals surface area contributed by atoms with Crippen LogP contribution in [0.4, 0.5) is 5.69 Å². The lowest BCUT2D eigenvalue weighted by molar-refractivity contribution is -0.115. The van der Waals surface area contributed by atoms with Crippen LogP contribution in [0.15, 0.2) is 66.1 Å². The number of nitrogens with one attached hydrogen (secondary N) is 1. The number of nitrogens with zero attached hydrogens (tertiary/aromatic N) is 4. The van der Waals surface area contributed by atoms with Crippen molar-refractivity contribution >= 4 is 46.6 Å². The number of pyridine rings is 1. The van der Waals surface area contributed by atoms with E-state index in [0.717, 1.165) is 28.1 Å². The summed E-state index contributed by atoms with van der Waals surface area (Å²) in [6, 6.07) is 15.0. The molecule has 0 saturated carbocycles. The van der Waals surface area contributed by atoms with E-state index in [2.05, 4.69) is 20.5 Å². The molecule has 0 aliphatic rings. The van der Waals surface area contributed by atoms with Gasteiger partial charge in [-0.3, -0.25) is 14.3 Å². The first-order valence-electron chi connectivity index (χ1n) is 10.2. The Kier molecular flexibility index (Phi) is 7.02. The van der Waals surface area contributed by atoms with Crippen molar-refractivity contribution in [1.29, 1.82) is 0 Å². The molecule has 1 atom stereocenters. The first-order valence-corrected chi connectivity index (χ1v) is 11.8. The second-order valence-electron chi connectivity index (χ2n) is 7.55. The molecule has 0 spiro atoms. The van der Waals surface area contributed by atoms with Gasteiger partial charge in [0.2, 0.25) is 5.91 Å². The third-order valence-corrected chi connectivity index (χ3v) is 6.80. The number of aryl methyl sites for hydroxylation is 2. The predicted molar refractivity (Wildman–Crippen MR) is 134 cm³/mol. The Balaban J connectivity index is 1.67. The number of aromatic nitrogens is 4. The second kappa shape index (κ2) is 9.95. The molecule has 0 radical (unpaired) electrons. The topological polar surface area (TPSA) is 72.7 Å². The molecule has 0 fully saturated rings. The first-order chi connectivity index (χ1) is 15.8. The number of amides is 1. The highest BCUT2D eigenvalue weighted by molar-refractivity contribution is 8.00. The van der Waals surface area contributed by atoms with Gasteiger partial charge in [-0.2, -0.15) is 0 Å². The summed E-state index contributed by atoms with van der Waals surface area (Å²) in [6.45, 7) is 5.80. The van der Waals surface area contributed by atoms with Gasteiger partial charge >= 0.3 is 0 Å². The summed E-state index contributed by atoms with van der Waals surface area (Å²) in [6.07, 6.45) is 3.40. The predicted octanol–water partition coefficient (Wildman–Crippen LogP) is 6.37. The summed E-state index contributed by atoms with van der Waals surface area (Å²) < 4.78 is 1.85. The first kappa shape index (κ1) is 23.3. The van der Waals surface area contributed by atoms with E-state index < -0.39 is 5.25 Å². The number of benzene rings is 2. The van der Waals surface area contributed by atoms with Gasteiger partial charge in [0.05, 0.1) is 21.0 Å². The van der Waals surface area contributed by atoms with E-state index in [-0.39, 0.29) is 5.91 Å². The molecule has 0 aliphatic carbocycles. The van der Waals surface area contributed by atoms with Crippen molar-refractivity contribution in [3.05, 3.63) is 82.1 Å². The van der Waals surface area contributed by atoms with Crippen LogP contribution in [0.1, 0.15) is 18.1 Å². The summed E-state index contributed by atoms with van der Waals surface area (Å²) in [7, 11) is 0. The Morgan fingerprint density at radius 2 is 1.88 bits per heavy atom. The Morgan fingerprint density at radius 1 is 1.06 bits per heavy atom. The Labute approximate surface area is 206 Å². The van der Waals surface area contributed by atoms with E-state index in [0.29, 0.717) is 21.0 Å². The average Bonchev–Trinajstić information content (AvgIpc) is 3.22. The largest absolute Gasteiger partial charge is 0.325 e. The van der Waals surface area contributed by atoms with Crippen molar-refractivity contribution in [2.24, 2.45) is 0 Å². The summed E-state index contributed by atoms with van der Waals surface area (Å²) in [5, 5.41) is 12.8. The van der Waals surface area contributed by atoms with Gasteiger partial charge < -0.3 is 5.32 Å². The monoisotopic (exact) mass is 497 g/mol. The van der Waals surface area contributed by atoms with Gasteiger partial charge in [0.25, 0.3) is 0 Å². The van der Waals surface area contributed by atoms with Gasteiger partial charge in [-0.1, -0.05) is 47.1 Å². The van der Waals surface area contributed by atoms with Crippen LogP contribution in [0.25, 0.3) is 17.1 Å². The number of thioether (sulfide) groups is 1. The van der Waals surface area contributed by atoms with Gasteiger partial charge in [-0.25, -0.2) is 0 Å². The fraction of sp³-hybridized carbons (Fsp3) is 0.167. The lowest BCUT2D eigenvalue weighted by atomic mass is 10.1. The average molecular weight is 498 g/mol. The van der Waals surface area contributed by atoms with Gasteiger partial charge in [-0.15, -0.1) is 10.2 Å². The van der Waals surface area contributed by atoms with Gasteiger partial charge in [-0.05, 0) is 68.3 Å². The third kappa shape index (κ3) is 5.21. The third-order valence-electron chi connectivity index (χ3n) is 5.02. The maximum Gasteiger partial charge on any atom is 0.237 e. The van der Waals surface area contributed by atoms with E-state index in [1.807, 2.05) is 61.7 Å². The highest BCUT2D eigenvalue weighted by Crippen LogP contribution is 2.33. The number of hydrogen-bond acceptors (Lipinski definition) is 5. The minimum Gasteiger partial charge on any atom is -0.325 e. The standard InChI is InChI=1S/C24H21Cl2N5OS/c1-14-6-7-15(2)21(11-14)28-23(32)16(3)33-24-30-29-22(17-5-4-10-27-13-17)31(24)18-8-9-19(25)20(26)12-18/h4-13,16H,1-3H3,(H,28,32). The highest BCUT2D eigenvalue weighted by atomic mass is 35.5. The molecule has 0 bridgehead atoms. The van der Waals surface area contributed by atoms with Crippen molar-refractivity contribution in [2.45, 2.75) is 31.2 Å². The van der Waals surface area contributed by atoms with E-state index in [1.165, 1.54) is 11.8 Å². The zero-order chi connectivity index (χ0) is 23.5. The van der Waals surface area contributed by atoms with Crippen LogP contribution in [-0.2, 0) is 4.79 Å². The minimum absolute atomic E-state index is 0.125.